The first-order valence-corrected chi connectivity index (χ1v) is 8.89. The van der Waals surface area contributed by atoms with Crippen LogP contribution in [0.2, 0.25) is 0 Å². The standard InChI is InChI=1S/C21H23F3O/c1-3-4-14-6-8-16(21(24)20(14)23)15-7-9-17(18(22)11-15)19-10-5-13(2)12-25-19/h6-9,11,13,19H,3-5,10,12H2,1-2H3. The lowest BCUT2D eigenvalue weighted by Gasteiger charge is -2.27. The molecule has 2 aromatic carbocycles. The van der Waals surface area contributed by atoms with Gasteiger partial charge in [0.15, 0.2) is 11.6 Å². The molecule has 1 heterocycles. The number of halogens is 3. The normalized spacial score (nSPS) is 20.7. The van der Waals surface area contributed by atoms with Gasteiger partial charge < -0.3 is 4.74 Å². The van der Waals surface area contributed by atoms with Gasteiger partial charge in [0.1, 0.15) is 5.82 Å². The van der Waals surface area contributed by atoms with Crippen molar-refractivity contribution in [1.82, 2.24) is 0 Å². The monoisotopic (exact) mass is 348 g/mol. The lowest BCUT2D eigenvalue weighted by molar-refractivity contribution is -0.0141. The van der Waals surface area contributed by atoms with E-state index < -0.39 is 17.5 Å². The van der Waals surface area contributed by atoms with E-state index in [4.69, 9.17) is 4.74 Å². The molecule has 1 aliphatic rings. The second-order valence-electron chi connectivity index (χ2n) is 6.89. The molecule has 4 heteroatoms. The highest BCUT2D eigenvalue weighted by Crippen LogP contribution is 2.34. The number of aryl methyl sites for hydroxylation is 1. The third kappa shape index (κ3) is 3.74. The van der Waals surface area contributed by atoms with E-state index in [9.17, 15) is 13.2 Å². The van der Waals surface area contributed by atoms with Crippen molar-refractivity contribution in [3.63, 3.8) is 0 Å². The van der Waals surface area contributed by atoms with Crippen LogP contribution in [-0.2, 0) is 11.2 Å². The molecule has 0 saturated carbocycles. The van der Waals surface area contributed by atoms with Crippen LogP contribution in [0, 0.1) is 23.4 Å². The van der Waals surface area contributed by atoms with Gasteiger partial charge in [-0.1, -0.05) is 44.5 Å². The number of hydrogen-bond acceptors (Lipinski definition) is 1. The van der Waals surface area contributed by atoms with E-state index in [0.717, 1.165) is 19.3 Å². The van der Waals surface area contributed by atoms with Gasteiger partial charge in [0.2, 0.25) is 0 Å². The second kappa shape index (κ2) is 7.61. The van der Waals surface area contributed by atoms with Gasteiger partial charge in [-0.2, -0.15) is 0 Å². The summed E-state index contributed by atoms with van der Waals surface area (Å²) in [6.07, 6.45) is 2.71. The Bertz CT molecular complexity index is 749. The second-order valence-corrected chi connectivity index (χ2v) is 6.89. The third-order valence-corrected chi connectivity index (χ3v) is 4.84. The van der Waals surface area contributed by atoms with Crippen molar-refractivity contribution in [3.05, 3.63) is 58.9 Å². The predicted octanol–water partition coefficient (Wildman–Crippen LogP) is 6.21. The van der Waals surface area contributed by atoms with Crippen LogP contribution in [0.5, 0.6) is 0 Å². The minimum absolute atomic E-state index is 0.0842. The summed E-state index contributed by atoms with van der Waals surface area (Å²) in [7, 11) is 0. The summed E-state index contributed by atoms with van der Waals surface area (Å²) in [4.78, 5) is 0. The largest absolute Gasteiger partial charge is 0.373 e. The van der Waals surface area contributed by atoms with Crippen molar-refractivity contribution in [3.8, 4) is 11.1 Å². The Morgan fingerprint density at radius 1 is 1.04 bits per heavy atom. The van der Waals surface area contributed by atoms with Crippen molar-refractivity contribution in [2.24, 2.45) is 5.92 Å². The molecule has 134 valence electrons. The van der Waals surface area contributed by atoms with Gasteiger partial charge in [0, 0.05) is 17.7 Å². The maximum absolute atomic E-state index is 14.6. The quantitative estimate of drug-likeness (QED) is 0.638. The van der Waals surface area contributed by atoms with Crippen molar-refractivity contribution in [1.29, 1.82) is 0 Å². The minimum Gasteiger partial charge on any atom is -0.373 e. The molecule has 0 amide bonds. The summed E-state index contributed by atoms with van der Waals surface area (Å²) < 4.78 is 48.8. The van der Waals surface area contributed by atoms with Gasteiger partial charge in [-0.25, -0.2) is 13.2 Å². The van der Waals surface area contributed by atoms with E-state index in [0.29, 0.717) is 35.6 Å². The molecule has 2 aromatic rings. The van der Waals surface area contributed by atoms with Crippen LogP contribution in [0.15, 0.2) is 30.3 Å². The van der Waals surface area contributed by atoms with Gasteiger partial charge >= 0.3 is 0 Å². The first-order chi connectivity index (χ1) is 12.0. The van der Waals surface area contributed by atoms with Crippen LogP contribution < -0.4 is 0 Å². The highest BCUT2D eigenvalue weighted by atomic mass is 19.2. The van der Waals surface area contributed by atoms with E-state index in [1.54, 1.807) is 18.2 Å². The smallest absolute Gasteiger partial charge is 0.166 e. The van der Waals surface area contributed by atoms with Gasteiger partial charge in [-0.15, -0.1) is 0 Å². The van der Waals surface area contributed by atoms with E-state index in [2.05, 4.69) is 6.92 Å². The minimum atomic E-state index is -0.916. The van der Waals surface area contributed by atoms with E-state index in [1.165, 1.54) is 12.1 Å². The topological polar surface area (TPSA) is 9.23 Å². The average Bonchev–Trinajstić information content (AvgIpc) is 2.60. The molecule has 2 atom stereocenters. The Morgan fingerprint density at radius 2 is 1.84 bits per heavy atom. The molecule has 0 radical (unpaired) electrons. The first kappa shape index (κ1) is 18.0. The molecule has 1 nitrogen and oxygen atoms in total. The maximum Gasteiger partial charge on any atom is 0.166 e. The van der Waals surface area contributed by atoms with Gasteiger partial charge in [-0.3, -0.25) is 0 Å². The van der Waals surface area contributed by atoms with Crippen LogP contribution in [0.3, 0.4) is 0 Å². The van der Waals surface area contributed by atoms with Crippen LogP contribution in [0.25, 0.3) is 11.1 Å². The van der Waals surface area contributed by atoms with Crippen molar-refractivity contribution in [2.75, 3.05) is 6.61 Å². The Hall–Kier alpha value is -1.81. The molecular weight excluding hydrogens is 325 g/mol. The Morgan fingerprint density at radius 3 is 2.48 bits per heavy atom. The van der Waals surface area contributed by atoms with Crippen molar-refractivity contribution >= 4 is 0 Å². The predicted molar refractivity (Wildman–Crippen MR) is 92.8 cm³/mol. The zero-order valence-corrected chi connectivity index (χ0v) is 14.6. The summed E-state index contributed by atoms with van der Waals surface area (Å²) in [5, 5.41) is 0. The highest BCUT2D eigenvalue weighted by Gasteiger charge is 2.23. The first-order valence-electron chi connectivity index (χ1n) is 8.89. The molecule has 0 bridgehead atoms. The fourth-order valence-corrected chi connectivity index (χ4v) is 3.36. The fraction of sp³-hybridized carbons (Fsp3) is 0.429. The fourth-order valence-electron chi connectivity index (χ4n) is 3.36. The summed E-state index contributed by atoms with van der Waals surface area (Å²) >= 11 is 0. The van der Waals surface area contributed by atoms with Gasteiger partial charge in [0.05, 0.1) is 6.10 Å². The average molecular weight is 348 g/mol. The lowest BCUT2D eigenvalue weighted by Crippen LogP contribution is -2.19. The SMILES string of the molecule is CCCc1ccc(-c2ccc(C3CCC(C)CO3)c(F)c2)c(F)c1F. The number of benzene rings is 2. The molecule has 25 heavy (non-hydrogen) atoms. The third-order valence-electron chi connectivity index (χ3n) is 4.84. The van der Waals surface area contributed by atoms with E-state index in [1.807, 2.05) is 6.92 Å². The molecule has 3 rings (SSSR count). The molecule has 1 aliphatic heterocycles. The van der Waals surface area contributed by atoms with Crippen LogP contribution in [-0.4, -0.2) is 6.61 Å². The van der Waals surface area contributed by atoms with E-state index >= 15 is 0 Å². The summed E-state index contributed by atoms with van der Waals surface area (Å²) in [5.74, 6) is -1.71. The Labute approximate surface area is 146 Å². The molecule has 1 saturated heterocycles. The van der Waals surface area contributed by atoms with Crippen LogP contribution in [0.1, 0.15) is 50.3 Å². The van der Waals surface area contributed by atoms with Crippen LogP contribution in [0.4, 0.5) is 13.2 Å². The summed E-state index contributed by atoms with van der Waals surface area (Å²) in [6, 6.07) is 7.64. The summed E-state index contributed by atoms with van der Waals surface area (Å²) in [5.41, 5.74) is 1.26. The summed E-state index contributed by atoms with van der Waals surface area (Å²) in [6.45, 7) is 4.63. The zero-order chi connectivity index (χ0) is 18.0. The highest BCUT2D eigenvalue weighted by molar-refractivity contribution is 5.65. The number of rotatable bonds is 4. The zero-order valence-electron chi connectivity index (χ0n) is 14.6. The number of hydrogen-bond donors (Lipinski definition) is 0. The van der Waals surface area contributed by atoms with E-state index in [-0.39, 0.29) is 11.7 Å². The number of ether oxygens (including phenoxy) is 1. The molecule has 1 fully saturated rings. The van der Waals surface area contributed by atoms with Gasteiger partial charge in [-0.05, 0) is 42.4 Å². The molecule has 0 aliphatic carbocycles. The Balaban J connectivity index is 1.89. The molecule has 0 spiro atoms. The van der Waals surface area contributed by atoms with Crippen molar-refractivity contribution < 1.29 is 17.9 Å². The maximum atomic E-state index is 14.6. The molecule has 0 aromatic heterocycles. The van der Waals surface area contributed by atoms with Crippen LogP contribution >= 0.6 is 0 Å². The lowest BCUT2D eigenvalue weighted by atomic mass is 9.93. The van der Waals surface area contributed by atoms with Crippen molar-refractivity contribution in [2.45, 2.75) is 45.6 Å². The van der Waals surface area contributed by atoms with Gasteiger partial charge in [0.25, 0.3) is 0 Å². The molecule has 0 N–H and O–H groups in total. The Kier molecular flexibility index (Phi) is 5.48. The molecular formula is C21H23F3O. The molecule has 2 unspecified atom stereocenters.